The Balaban J connectivity index is 0.00000220. The van der Waals surface area contributed by atoms with Gasteiger partial charge in [0.2, 0.25) is 0 Å². The highest BCUT2D eigenvalue weighted by molar-refractivity contribution is 7.86. The minimum Gasteiger partial charge on any atom is -0.313 e. The van der Waals surface area contributed by atoms with Crippen molar-refractivity contribution in [1.82, 2.24) is 13.9 Å². The molecule has 0 spiro atoms. The van der Waals surface area contributed by atoms with Gasteiger partial charge in [0, 0.05) is 38.2 Å². The molecule has 1 heterocycles. The van der Waals surface area contributed by atoms with Crippen molar-refractivity contribution in [3.63, 3.8) is 0 Å². The Labute approximate surface area is 137 Å². The van der Waals surface area contributed by atoms with Gasteiger partial charge in [-0.15, -0.1) is 12.4 Å². The van der Waals surface area contributed by atoms with E-state index in [0.29, 0.717) is 31.2 Å². The number of hydrogen-bond acceptors (Lipinski definition) is 3. The van der Waals surface area contributed by atoms with Gasteiger partial charge in [-0.3, -0.25) is 0 Å². The van der Waals surface area contributed by atoms with Gasteiger partial charge in [-0.05, 0) is 11.6 Å². The molecule has 0 aromatic heterocycles. The highest BCUT2D eigenvalue weighted by atomic mass is 35.5. The minimum atomic E-state index is -3.46. The lowest BCUT2D eigenvalue weighted by atomic mass is 10.1. The largest absolute Gasteiger partial charge is 0.313 e. The molecule has 1 aliphatic heterocycles. The molecule has 1 aliphatic rings. The van der Waals surface area contributed by atoms with Crippen LogP contribution in [0.2, 0.25) is 5.02 Å². The van der Waals surface area contributed by atoms with Gasteiger partial charge < -0.3 is 5.32 Å². The van der Waals surface area contributed by atoms with Crippen LogP contribution in [0.3, 0.4) is 0 Å². The van der Waals surface area contributed by atoms with E-state index in [9.17, 15) is 8.42 Å². The summed E-state index contributed by atoms with van der Waals surface area (Å²) in [4.78, 5) is 0. The third kappa shape index (κ3) is 3.88. The summed E-state index contributed by atoms with van der Waals surface area (Å²) in [5, 5.41) is 3.83. The van der Waals surface area contributed by atoms with E-state index in [2.05, 4.69) is 5.32 Å². The first-order valence-corrected chi connectivity index (χ1v) is 8.44. The second-order valence-electron chi connectivity index (χ2n) is 4.77. The Kier molecular flexibility index (Phi) is 6.90. The van der Waals surface area contributed by atoms with Gasteiger partial charge in [-0.2, -0.15) is 17.0 Å². The topological polar surface area (TPSA) is 52.7 Å². The smallest absolute Gasteiger partial charge is 0.282 e. The molecule has 1 atom stereocenters. The summed E-state index contributed by atoms with van der Waals surface area (Å²) in [6.07, 6.45) is 0. The first-order chi connectivity index (χ1) is 9.48. The number of piperazine rings is 1. The van der Waals surface area contributed by atoms with Crippen LogP contribution < -0.4 is 5.32 Å². The van der Waals surface area contributed by atoms with Crippen LogP contribution in [0.25, 0.3) is 0 Å². The van der Waals surface area contributed by atoms with E-state index in [1.165, 1.54) is 8.61 Å². The van der Waals surface area contributed by atoms with Gasteiger partial charge >= 0.3 is 0 Å². The molecule has 0 saturated carbocycles. The van der Waals surface area contributed by atoms with E-state index in [1.807, 2.05) is 25.1 Å². The minimum absolute atomic E-state index is 0. The molecule has 0 aliphatic carbocycles. The highest BCUT2D eigenvalue weighted by Gasteiger charge is 2.36. The third-order valence-electron chi connectivity index (χ3n) is 3.59. The SMILES string of the molecule is CCN(C)S(=O)(=O)N1CCNCC1c1ccccc1Cl.Cl. The average molecular weight is 354 g/mol. The van der Waals surface area contributed by atoms with Gasteiger partial charge in [0.05, 0.1) is 6.04 Å². The Hall–Kier alpha value is -0.370. The Morgan fingerprint density at radius 1 is 1.43 bits per heavy atom. The molecule has 5 nitrogen and oxygen atoms in total. The predicted octanol–water partition coefficient (Wildman–Crippen LogP) is 1.90. The molecule has 1 N–H and O–H groups in total. The summed E-state index contributed by atoms with van der Waals surface area (Å²) < 4.78 is 28.1. The molecule has 1 unspecified atom stereocenters. The maximum absolute atomic E-state index is 12.6. The molecule has 120 valence electrons. The van der Waals surface area contributed by atoms with Crippen molar-refractivity contribution in [1.29, 1.82) is 0 Å². The van der Waals surface area contributed by atoms with Crippen molar-refractivity contribution in [2.75, 3.05) is 33.2 Å². The molecular weight excluding hydrogens is 333 g/mol. The van der Waals surface area contributed by atoms with Gasteiger partial charge in [0.1, 0.15) is 0 Å². The van der Waals surface area contributed by atoms with E-state index in [4.69, 9.17) is 11.6 Å². The molecule has 0 radical (unpaired) electrons. The van der Waals surface area contributed by atoms with Gasteiger partial charge in [0.25, 0.3) is 10.2 Å². The number of nitrogens with zero attached hydrogens (tertiary/aromatic N) is 2. The highest BCUT2D eigenvalue weighted by Crippen LogP contribution is 2.30. The van der Waals surface area contributed by atoms with E-state index in [-0.39, 0.29) is 18.4 Å². The zero-order valence-corrected chi connectivity index (χ0v) is 14.5. The summed E-state index contributed by atoms with van der Waals surface area (Å²) in [6.45, 7) is 3.94. The van der Waals surface area contributed by atoms with E-state index < -0.39 is 10.2 Å². The monoisotopic (exact) mass is 353 g/mol. The Morgan fingerprint density at radius 2 is 2.10 bits per heavy atom. The first kappa shape index (κ1) is 18.7. The van der Waals surface area contributed by atoms with Crippen LogP contribution in [-0.2, 0) is 10.2 Å². The quantitative estimate of drug-likeness (QED) is 0.899. The van der Waals surface area contributed by atoms with Crippen LogP contribution in [0.1, 0.15) is 18.5 Å². The second kappa shape index (κ2) is 7.76. The normalized spacial score (nSPS) is 20.3. The second-order valence-corrected chi connectivity index (χ2v) is 7.17. The molecule has 8 heteroatoms. The standard InChI is InChI=1S/C13H20ClN3O2S.ClH/c1-3-16(2)20(18,19)17-9-8-15-10-13(17)11-6-4-5-7-12(11)14;/h4-7,13,15H,3,8-10H2,1-2H3;1H. The van der Waals surface area contributed by atoms with Crippen molar-refractivity contribution in [2.45, 2.75) is 13.0 Å². The maximum atomic E-state index is 12.6. The van der Waals surface area contributed by atoms with Crippen LogP contribution >= 0.6 is 24.0 Å². The lowest BCUT2D eigenvalue weighted by Gasteiger charge is -2.37. The average Bonchev–Trinajstić information content (AvgIpc) is 2.47. The number of benzene rings is 1. The summed E-state index contributed by atoms with van der Waals surface area (Å²) in [5.41, 5.74) is 0.842. The predicted molar refractivity (Wildman–Crippen MR) is 88.2 cm³/mol. The van der Waals surface area contributed by atoms with E-state index >= 15 is 0 Å². The zero-order chi connectivity index (χ0) is 14.8. The van der Waals surface area contributed by atoms with E-state index in [1.54, 1.807) is 13.1 Å². The van der Waals surface area contributed by atoms with E-state index in [0.717, 1.165) is 5.56 Å². The van der Waals surface area contributed by atoms with Crippen LogP contribution in [-0.4, -0.2) is 50.3 Å². The molecule has 2 rings (SSSR count). The van der Waals surface area contributed by atoms with Crippen molar-refractivity contribution >= 4 is 34.2 Å². The fraction of sp³-hybridized carbons (Fsp3) is 0.538. The maximum Gasteiger partial charge on any atom is 0.282 e. The molecule has 21 heavy (non-hydrogen) atoms. The number of hydrogen-bond donors (Lipinski definition) is 1. The molecule has 0 bridgehead atoms. The molecule has 1 saturated heterocycles. The number of rotatable bonds is 4. The lowest BCUT2D eigenvalue weighted by Crippen LogP contribution is -2.52. The summed E-state index contributed by atoms with van der Waals surface area (Å²) in [5.74, 6) is 0. The summed E-state index contributed by atoms with van der Waals surface area (Å²) >= 11 is 6.22. The van der Waals surface area contributed by atoms with Crippen LogP contribution in [0.5, 0.6) is 0 Å². The van der Waals surface area contributed by atoms with Crippen molar-refractivity contribution in [3.8, 4) is 0 Å². The van der Waals surface area contributed by atoms with Crippen LogP contribution in [0, 0.1) is 0 Å². The number of nitrogens with one attached hydrogen (secondary N) is 1. The summed E-state index contributed by atoms with van der Waals surface area (Å²) in [6, 6.07) is 7.13. The Morgan fingerprint density at radius 3 is 2.71 bits per heavy atom. The van der Waals surface area contributed by atoms with Crippen LogP contribution in [0.15, 0.2) is 24.3 Å². The molecule has 1 aromatic rings. The van der Waals surface area contributed by atoms with Crippen molar-refractivity contribution in [2.24, 2.45) is 0 Å². The molecule has 1 aromatic carbocycles. The molecule has 0 amide bonds. The fourth-order valence-corrected chi connectivity index (χ4v) is 4.09. The lowest BCUT2D eigenvalue weighted by molar-refractivity contribution is 0.254. The third-order valence-corrected chi connectivity index (χ3v) is 6.01. The summed E-state index contributed by atoms with van der Waals surface area (Å²) in [7, 11) is -1.86. The van der Waals surface area contributed by atoms with Gasteiger partial charge in [0.15, 0.2) is 0 Å². The van der Waals surface area contributed by atoms with Crippen LogP contribution in [0.4, 0.5) is 0 Å². The Bertz CT molecular complexity index is 568. The molecule has 1 fully saturated rings. The van der Waals surface area contributed by atoms with Gasteiger partial charge in [-0.1, -0.05) is 36.7 Å². The number of halogens is 2. The molecular formula is C13H21Cl2N3O2S. The fourth-order valence-electron chi connectivity index (χ4n) is 2.31. The van der Waals surface area contributed by atoms with Crippen molar-refractivity contribution < 1.29 is 8.42 Å². The zero-order valence-electron chi connectivity index (χ0n) is 12.1. The van der Waals surface area contributed by atoms with Crippen molar-refractivity contribution in [3.05, 3.63) is 34.9 Å². The first-order valence-electron chi connectivity index (χ1n) is 6.66. The van der Waals surface area contributed by atoms with Gasteiger partial charge in [-0.25, -0.2) is 0 Å².